The van der Waals surface area contributed by atoms with Gasteiger partial charge in [-0.1, -0.05) is 65.2 Å². The van der Waals surface area contributed by atoms with E-state index in [1.807, 2.05) is 67.9 Å². The van der Waals surface area contributed by atoms with Gasteiger partial charge in [-0.15, -0.1) is 5.48 Å². The Morgan fingerprint density at radius 1 is 1.01 bits per heavy atom. The van der Waals surface area contributed by atoms with Crippen molar-refractivity contribution in [3.8, 4) is 5.69 Å². The summed E-state index contributed by atoms with van der Waals surface area (Å²) in [5.74, 6) is 1.38. The third kappa shape index (κ3) is 14.0. The Labute approximate surface area is 423 Å². The molecule has 2 saturated carbocycles. The number of aliphatic hydroxyl groups excluding tert-OH is 1. The fourth-order valence-corrected chi connectivity index (χ4v) is 9.38. The molecule has 3 unspecified atom stereocenters. The van der Waals surface area contributed by atoms with Gasteiger partial charge in [-0.2, -0.15) is 10.2 Å². The molecule has 0 radical (unpaired) electrons. The Morgan fingerprint density at radius 2 is 1.72 bits per heavy atom. The van der Waals surface area contributed by atoms with Gasteiger partial charge in [0.05, 0.1) is 46.0 Å². The van der Waals surface area contributed by atoms with Crippen molar-refractivity contribution in [1.82, 2.24) is 40.2 Å². The maximum Gasteiger partial charge on any atom is 0.312 e. The van der Waals surface area contributed by atoms with E-state index in [2.05, 4.69) is 51.5 Å². The monoisotopic (exact) mass is 995 g/mol. The zero-order valence-corrected chi connectivity index (χ0v) is 43.8. The molecule has 0 saturated heterocycles. The Balaban J connectivity index is 0.000000221. The van der Waals surface area contributed by atoms with Crippen molar-refractivity contribution in [1.29, 1.82) is 0 Å². The van der Waals surface area contributed by atoms with Crippen molar-refractivity contribution < 1.29 is 33.1 Å². The molecule has 3 aliphatic rings. The highest BCUT2D eigenvalue weighted by molar-refractivity contribution is 5.89. The van der Waals surface area contributed by atoms with Gasteiger partial charge < -0.3 is 30.0 Å². The highest BCUT2D eigenvalue weighted by atomic mass is 19.1. The minimum atomic E-state index is -0.522. The van der Waals surface area contributed by atoms with Gasteiger partial charge in [0, 0.05) is 69.1 Å². The molecule has 17 heteroatoms. The van der Waals surface area contributed by atoms with Gasteiger partial charge in [-0.05, 0) is 125 Å². The second kappa shape index (κ2) is 27.0. The molecule has 2 aliphatic carbocycles. The topological polar surface area (TPSA) is 166 Å². The number of carbonyl (C=O) groups is 3. The quantitative estimate of drug-likeness (QED) is 0.0298. The highest BCUT2D eigenvalue weighted by Crippen LogP contribution is 2.47. The van der Waals surface area contributed by atoms with E-state index in [1.54, 1.807) is 56.0 Å². The second-order valence-corrected chi connectivity index (χ2v) is 18.9. The average molecular weight is 995 g/mol. The van der Waals surface area contributed by atoms with Crippen LogP contribution >= 0.6 is 0 Å². The number of halogens is 2. The molecule has 15 nitrogen and oxygen atoms in total. The summed E-state index contributed by atoms with van der Waals surface area (Å²) < 4.78 is 33.0. The number of aryl methyl sites for hydroxylation is 3. The lowest BCUT2D eigenvalue weighted by atomic mass is 9.64. The lowest BCUT2D eigenvalue weighted by Crippen LogP contribution is -2.42. The number of hydrogen-bond donors (Lipinski definition) is 4. The van der Waals surface area contributed by atoms with Crippen LogP contribution in [0.1, 0.15) is 112 Å². The molecule has 72 heavy (non-hydrogen) atoms. The van der Waals surface area contributed by atoms with Crippen LogP contribution in [0.4, 0.5) is 20.3 Å². The molecular weight excluding hydrogens is 919 g/mol. The third-order valence-corrected chi connectivity index (χ3v) is 14.0. The third-order valence-electron chi connectivity index (χ3n) is 14.0. The number of hydroxylamine groups is 1. The molecule has 0 bridgehead atoms. The SMILES string of the molecule is CC.CCC1(CCCCO)CCC1.CNC(NOC=O)C1CC1C.Cc1cc(-n2nc3c(c2N(C)/C=C\N(C=O)c2ccc4c(cnn4C)c2F)CN(C)CC3)cc(C)c1F.O=Cc1cc2ccccc2[nH]1. The van der Waals surface area contributed by atoms with E-state index in [1.165, 1.54) is 62.2 Å². The van der Waals surface area contributed by atoms with Gasteiger partial charge >= 0.3 is 6.47 Å². The number of aldehydes is 1. The maximum atomic E-state index is 15.2. The van der Waals surface area contributed by atoms with Crippen LogP contribution < -0.4 is 20.6 Å². The van der Waals surface area contributed by atoms with Gasteiger partial charge in [0.25, 0.3) is 0 Å². The number of nitrogens with zero attached hydrogens (tertiary/aromatic N) is 7. The zero-order chi connectivity index (χ0) is 52.5. The van der Waals surface area contributed by atoms with Crippen LogP contribution in [0, 0.1) is 42.7 Å². The molecule has 6 aromatic rings. The molecule has 390 valence electrons. The molecule has 1 aliphatic heterocycles. The van der Waals surface area contributed by atoms with Crippen molar-refractivity contribution in [3.63, 3.8) is 0 Å². The van der Waals surface area contributed by atoms with Gasteiger partial charge in [0.1, 0.15) is 11.6 Å². The first kappa shape index (κ1) is 56.6. The number of unbranched alkanes of at least 4 members (excludes halogenated alkanes) is 1. The highest BCUT2D eigenvalue weighted by Gasteiger charge is 2.39. The zero-order valence-electron chi connectivity index (χ0n) is 43.8. The Kier molecular flexibility index (Phi) is 21.2. The summed E-state index contributed by atoms with van der Waals surface area (Å²) in [6.07, 6.45) is 17.4. The smallest absolute Gasteiger partial charge is 0.312 e. The predicted molar refractivity (Wildman–Crippen MR) is 283 cm³/mol. The van der Waals surface area contributed by atoms with Crippen molar-refractivity contribution in [2.45, 2.75) is 112 Å². The van der Waals surface area contributed by atoms with E-state index >= 15 is 4.39 Å². The van der Waals surface area contributed by atoms with E-state index < -0.39 is 5.82 Å². The number of fused-ring (bicyclic) bond motifs is 3. The number of nitrogens with one attached hydrogen (secondary N) is 3. The number of aromatic amines is 1. The summed E-state index contributed by atoms with van der Waals surface area (Å²) in [6.45, 7) is 14.3. The number of aliphatic hydroxyl groups is 1. The largest absolute Gasteiger partial charge is 0.396 e. The lowest BCUT2D eigenvalue weighted by Gasteiger charge is -2.41. The molecule has 0 spiro atoms. The summed E-state index contributed by atoms with van der Waals surface area (Å²) in [5, 5.41) is 22.1. The van der Waals surface area contributed by atoms with Crippen LogP contribution in [0.3, 0.4) is 0 Å². The molecule has 4 heterocycles. The standard InChI is InChI=1S/C27H29F2N7O.C10H20O.C9H7NO.C7H14N2O2.C2H6/c1-17-12-19(13-18(2)25(17)28)36-27(21-15-32(3)9-8-22(21)31-36)33(4)10-11-35(16-37)24-7-6-23-20(26(24)29)14-30-34(23)5;1-2-10(7-5-8-10)6-3-4-9-11;11-6-8-5-7-3-1-2-4-9(7)10-8;1-5-3-6(5)7(8-2)9-11-4-10;1-2/h6-7,10-14,16H,8-9,15H2,1-5H3;11H,2-9H2,1H3;1-6,10H;4-9H,3H2,1-2H3;1-2H3/b11-10-;;;;. The summed E-state index contributed by atoms with van der Waals surface area (Å²) in [6, 6.07) is 16.5. The van der Waals surface area contributed by atoms with Crippen molar-refractivity contribution in [3.05, 3.63) is 113 Å². The lowest BCUT2D eigenvalue weighted by molar-refractivity contribution is -0.138. The first-order valence-electron chi connectivity index (χ1n) is 25.2. The van der Waals surface area contributed by atoms with Crippen LogP contribution in [0.25, 0.3) is 27.5 Å². The minimum Gasteiger partial charge on any atom is -0.396 e. The normalized spacial score (nSPS) is 16.8. The van der Waals surface area contributed by atoms with Gasteiger partial charge in [0.15, 0.2) is 12.1 Å². The Hall–Kier alpha value is -6.27. The van der Waals surface area contributed by atoms with E-state index in [0.29, 0.717) is 65.1 Å². The summed E-state index contributed by atoms with van der Waals surface area (Å²) in [5.41, 5.74) is 9.61. The molecule has 3 aromatic heterocycles. The number of anilines is 2. The predicted octanol–water partition coefficient (Wildman–Crippen LogP) is 9.81. The fraction of sp³-hybridized carbons (Fsp3) is 0.473. The molecule has 2 fully saturated rings. The van der Waals surface area contributed by atoms with Crippen LogP contribution in [0.5, 0.6) is 0 Å². The second-order valence-electron chi connectivity index (χ2n) is 18.9. The molecule has 9 rings (SSSR count). The van der Waals surface area contributed by atoms with Crippen LogP contribution in [0.2, 0.25) is 0 Å². The van der Waals surface area contributed by atoms with Crippen LogP contribution in [0.15, 0.2) is 73.2 Å². The molecule has 4 N–H and O–H groups in total. The van der Waals surface area contributed by atoms with E-state index in [-0.39, 0.29) is 17.7 Å². The fourth-order valence-electron chi connectivity index (χ4n) is 9.38. The van der Waals surface area contributed by atoms with Gasteiger partial charge in [0.2, 0.25) is 6.41 Å². The van der Waals surface area contributed by atoms with E-state index in [9.17, 15) is 18.8 Å². The summed E-state index contributed by atoms with van der Waals surface area (Å²) in [4.78, 5) is 44.9. The number of likely N-dealkylation sites (N-methyl/N-ethyl adjacent to an activating group) is 1. The molecular formula is C55H76F2N10O5. The van der Waals surface area contributed by atoms with Gasteiger partial charge in [-0.25, -0.2) is 13.5 Å². The number of carbonyl (C=O) groups excluding carboxylic acids is 3. The number of hydrogen-bond acceptors (Lipinski definition) is 11. The summed E-state index contributed by atoms with van der Waals surface area (Å²) >= 11 is 0. The Morgan fingerprint density at radius 3 is 2.31 bits per heavy atom. The molecule has 3 atom stereocenters. The Bertz CT molecular complexity index is 2670. The average Bonchev–Trinajstić information content (AvgIpc) is 3.65. The van der Waals surface area contributed by atoms with Crippen LogP contribution in [-0.4, -0.2) is 94.2 Å². The number of aromatic nitrogens is 5. The number of rotatable bonds is 17. The minimum absolute atomic E-state index is 0.107. The number of amides is 1. The van der Waals surface area contributed by atoms with Crippen LogP contribution in [-0.2, 0) is 34.4 Å². The number of para-hydroxylation sites is 1. The first-order chi connectivity index (χ1) is 34.7. The van der Waals surface area contributed by atoms with Crippen molar-refractivity contribution in [2.75, 3.05) is 44.1 Å². The van der Waals surface area contributed by atoms with Gasteiger partial charge in [-0.3, -0.25) is 24.0 Å². The first-order valence-corrected chi connectivity index (χ1v) is 25.2. The number of benzene rings is 3. The maximum absolute atomic E-state index is 15.2. The molecule has 1 amide bonds. The van der Waals surface area contributed by atoms with E-state index in [0.717, 1.165) is 65.3 Å². The van der Waals surface area contributed by atoms with E-state index in [4.69, 9.17) is 10.2 Å². The molecule has 3 aromatic carbocycles. The van der Waals surface area contributed by atoms with Crippen molar-refractivity contribution >= 4 is 52.5 Å². The summed E-state index contributed by atoms with van der Waals surface area (Å²) in [7, 11) is 7.49. The number of H-pyrrole nitrogens is 1. The van der Waals surface area contributed by atoms with Crippen molar-refractivity contribution in [2.24, 2.45) is 24.3 Å².